The van der Waals surface area contributed by atoms with E-state index in [0.717, 1.165) is 0 Å². The van der Waals surface area contributed by atoms with Crippen molar-refractivity contribution in [2.75, 3.05) is 7.05 Å². The van der Waals surface area contributed by atoms with Gasteiger partial charge in [0.25, 0.3) is 0 Å². The van der Waals surface area contributed by atoms with Crippen LogP contribution in [0.2, 0.25) is 0 Å². The Morgan fingerprint density at radius 2 is 2.00 bits per heavy atom. The second kappa shape index (κ2) is 7.00. The molecule has 0 aliphatic heterocycles. The number of aliphatic carboxylic acids is 2. The van der Waals surface area contributed by atoms with Crippen LogP contribution in [-0.2, 0) is 9.59 Å². The molecule has 5 nitrogen and oxygen atoms in total. The van der Waals surface area contributed by atoms with Crippen molar-refractivity contribution in [3.63, 3.8) is 0 Å². The summed E-state index contributed by atoms with van der Waals surface area (Å²) in [7, 11) is 1.59. The predicted molar refractivity (Wildman–Crippen MR) is 55.7 cm³/mol. The van der Waals surface area contributed by atoms with Crippen molar-refractivity contribution < 1.29 is 19.8 Å². The molecular formula is C10H17NO4. The maximum absolute atomic E-state index is 10.6. The number of likely N-dealkylation sites (N-methyl/N-ethyl adjacent to an activating group) is 1. The van der Waals surface area contributed by atoms with Gasteiger partial charge in [0.15, 0.2) is 0 Å². The molecule has 0 aliphatic carbocycles. The Kier molecular flexibility index (Phi) is 6.37. The van der Waals surface area contributed by atoms with Gasteiger partial charge in [-0.3, -0.25) is 4.79 Å². The van der Waals surface area contributed by atoms with Crippen molar-refractivity contribution in [3.05, 3.63) is 11.6 Å². The molecule has 0 fully saturated rings. The molecule has 0 radical (unpaired) electrons. The number of hydrogen-bond donors (Lipinski definition) is 3. The van der Waals surface area contributed by atoms with Gasteiger partial charge in [-0.15, -0.1) is 0 Å². The van der Waals surface area contributed by atoms with Gasteiger partial charge < -0.3 is 15.5 Å². The lowest BCUT2D eigenvalue weighted by molar-refractivity contribution is -0.139. The molecule has 3 N–H and O–H groups in total. The number of carboxylic acids is 2. The van der Waals surface area contributed by atoms with Gasteiger partial charge in [0.05, 0.1) is 0 Å². The fraction of sp³-hybridized carbons (Fsp3) is 0.600. The van der Waals surface area contributed by atoms with Crippen molar-refractivity contribution in [1.29, 1.82) is 0 Å². The van der Waals surface area contributed by atoms with Crippen LogP contribution in [0.4, 0.5) is 0 Å². The second-order valence-electron chi connectivity index (χ2n) is 3.30. The highest BCUT2D eigenvalue weighted by Gasteiger charge is 2.13. The molecule has 0 spiro atoms. The van der Waals surface area contributed by atoms with E-state index in [1.165, 1.54) is 6.92 Å². The molecule has 5 heteroatoms. The Morgan fingerprint density at radius 1 is 1.40 bits per heavy atom. The highest BCUT2D eigenvalue weighted by molar-refractivity contribution is 5.85. The largest absolute Gasteiger partial charge is 0.480 e. The molecule has 86 valence electrons. The van der Waals surface area contributed by atoms with Crippen molar-refractivity contribution in [2.45, 2.75) is 32.2 Å². The number of nitrogens with one attached hydrogen (secondary N) is 1. The van der Waals surface area contributed by atoms with Gasteiger partial charge in [-0.25, -0.2) is 4.79 Å². The fourth-order valence-electron chi connectivity index (χ4n) is 1.12. The maximum Gasteiger partial charge on any atom is 0.330 e. The first kappa shape index (κ1) is 13.6. The zero-order valence-electron chi connectivity index (χ0n) is 8.99. The standard InChI is InChI=1S/C10H17NO4/c1-7(9(12)13)5-3-4-6-8(11-2)10(14)15/h5,8,11H,3-4,6H2,1-2H3,(H,12,13)(H,14,15). The molecule has 0 amide bonds. The third-order valence-corrected chi connectivity index (χ3v) is 2.13. The molecule has 0 aromatic heterocycles. The van der Waals surface area contributed by atoms with Crippen LogP contribution in [0.5, 0.6) is 0 Å². The number of rotatable bonds is 7. The van der Waals surface area contributed by atoms with Gasteiger partial charge in [0.2, 0.25) is 0 Å². The number of carbonyl (C=O) groups is 2. The molecule has 0 aliphatic rings. The SMILES string of the molecule is CNC(CCCC=C(C)C(=O)O)C(=O)O. The van der Waals surface area contributed by atoms with Gasteiger partial charge in [-0.2, -0.15) is 0 Å². The van der Waals surface area contributed by atoms with Crippen LogP contribution in [0.3, 0.4) is 0 Å². The van der Waals surface area contributed by atoms with E-state index in [1.807, 2.05) is 0 Å². The van der Waals surface area contributed by atoms with Crippen LogP contribution in [0.25, 0.3) is 0 Å². The third-order valence-electron chi connectivity index (χ3n) is 2.13. The average molecular weight is 215 g/mol. The van der Waals surface area contributed by atoms with Gasteiger partial charge in [-0.1, -0.05) is 6.08 Å². The topological polar surface area (TPSA) is 86.6 Å². The zero-order chi connectivity index (χ0) is 11.8. The van der Waals surface area contributed by atoms with Crippen LogP contribution in [-0.4, -0.2) is 35.2 Å². The Labute approximate surface area is 88.8 Å². The number of carboxylic acid groups (broad SMARTS) is 2. The molecule has 15 heavy (non-hydrogen) atoms. The maximum atomic E-state index is 10.6. The van der Waals surface area contributed by atoms with E-state index < -0.39 is 18.0 Å². The van der Waals surface area contributed by atoms with Crippen LogP contribution < -0.4 is 5.32 Å². The highest BCUT2D eigenvalue weighted by Crippen LogP contribution is 2.04. The second-order valence-corrected chi connectivity index (χ2v) is 3.30. The van der Waals surface area contributed by atoms with Crippen molar-refractivity contribution in [2.24, 2.45) is 0 Å². The molecule has 0 heterocycles. The van der Waals surface area contributed by atoms with Crippen LogP contribution >= 0.6 is 0 Å². The molecule has 0 aromatic carbocycles. The van der Waals surface area contributed by atoms with Crippen LogP contribution in [0.15, 0.2) is 11.6 Å². The molecule has 0 bridgehead atoms. The van der Waals surface area contributed by atoms with Gasteiger partial charge in [0.1, 0.15) is 6.04 Å². The van der Waals surface area contributed by atoms with E-state index in [1.54, 1.807) is 13.1 Å². The van der Waals surface area contributed by atoms with Crippen LogP contribution in [0, 0.1) is 0 Å². The van der Waals surface area contributed by atoms with E-state index in [4.69, 9.17) is 10.2 Å². The number of hydrogen-bond acceptors (Lipinski definition) is 3. The lowest BCUT2D eigenvalue weighted by Crippen LogP contribution is -2.33. The third kappa shape index (κ3) is 5.85. The summed E-state index contributed by atoms with van der Waals surface area (Å²) in [5.41, 5.74) is 0.298. The van der Waals surface area contributed by atoms with E-state index in [-0.39, 0.29) is 0 Å². The lowest BCUT2D eigenvalue weighted by atomic mass is 10.1. The van der Waals surface area contributed by atoms with Crippen molar-refractivity contribution in [1.82, 2.24) is 5.32 Å². The van der Waals surface area contributed by atoms with Crippen molar-refractivity contribution >= 4 is 11.9 Å². The first-order chi connectivity index (χ1) is 6.99. The fourth-order valence-corrected chi connectivity index (χ4v) is 1.12. The van der Waals surface area contributed by atoms with E-state index in [9.17, 15) is 9.59 Å². The van der Waals surface area contributed by atoms with Gasteiger partial charge in [-0.05, 0) is 33.2 Å². The summed E-state index contributed by atoms with van der Waals surface area (Å²) in [4.78, 5) is 21.0. The summed E-state index contributed by atoms with van der Waals surface area (Å²) in [6, 6.07) is -0.552. The minimum atomic E-state index is -0.932. The highest BCUT2D eigenvalue weighted by atomic mass is 16.4. The first-order valence-electron chi connectivity index (χ1n) is 4.79. The van der Waals surface area contributed by atoms with Crippen LogP contribution in [0.1, 0.15) is 26.2 Å². The molecule has 0 aromatic rings. The Balaban J connectivity index is 3.84. The summed E-state index contributed by atoms with van der Waals surface area (Å²) >= 11 is 0. The minimum absolute atomic E-state index is 0.298. The average Bonchev–Trinajstić information content (AvgIpc) is 2.16. The predicted octanol–water partition coefficient (Wildman–Crippen LogP) is 0.860. The minimum Gasteiger partial charge on any atom is -0.480 e. The molecule has 1 unspecified atom stereocenters. The quantitative estimate of drug-likeness (QED) is 0.433. The van der Waals surface area contributed by atoms with Gasteiger partial charge in [0, 0.05) is 5.57 Å². The Bertz CT molecular complexity index is 260. The summed E-state index contributed by atoms with van der Waals surface area (Å²) in [5.74, 6) is -1.81. The monoisotopic (exact) mass is 215 g/mol. The summed E-state index contributed by atoms with van der Waals surface area (Å²) < 4.78 is 0. The van der Waals surface area contributed by atoms with Crippen molar-refractivity contribution in [3.8, 4) is 0 Å². The Hall–Kier alpha value is -1.36. The number of allylic oxidation sites excluding steroid dienone is 1. The zero-order valence-corrected chi connectivity index (χ0v) is 8.99. The van der Waals surface area contributed by atoms with E-state index in [0.29, 0.717) is 24.8 Å². The van der Waals surface area contributed by atoms with E-state index >= 15 is 0 Å². The van der Waals surface area contributed by atoms with Gasteiger partial charge >= 0.3 is 11.9 Å². The summed E-state index contributed by atoms with van der Waals surface area (Å²) in [6.07, 6.45) is 3.35. The normalized spacial score (nSPS) is 13.6. The molecule has 0 saturated heterocycles. The Morgan fingerprint density at radius 3 is 2.40 bits per heavy atom. The molecule has 0 rings (SSSR count). The molecule has 1 atom stereocenters. The summed E-state index contributed by atoms with van der Waals surface area (Å²) in [6.45, 7) is 1.52. The molecular weight excluding hydrogens is 198 g/mol. The first-order valence-corrected chi connectivity index (χ1v) is 4.79. The number of unbranched alkanes of at least 4 members (excludes halogenated alkanes) is 1. The lowest BCUT2D eigenvalue weighted by Gasteiger charge is -2.09. The smallest absolute Gasteiger partial charge is 0.330 e. The summed E-state index contributed by atoms with van der Waals surface area (Å²) in [5, 5.41) is 19.9. The van der Waals surface area contributed by atoms with E-state index in [2.05, 4.69) is 5.32 Å². The molecule has 0 saturated carbocycles.